The number of unbranched alkanes of at least 4 members (excludes halogenated alkanes) is 2. The molecule has 3 aromatic rings. The first-order chi connectivity index (χ1) is 12.7. The molecule has 0 bridgehead atoms. The fourth-order valence-electron chi connectivity index (χ4n) is 2.83. The zero-order chi connectivity index (χ0) is 18.4. The molecule has 0 aliphatic heterocycles. The van der Waals surface area contributed by atoms with E-state index in [9.17, 15) is 4.79 Å². The second-order valence-corrected chi connectivity index (χ2v) is 6.04. The van der Waals surface area contributed by atoms with Crippen LogP contribution in [0.5, 0.6) is 5.75 Å². The molecule has 0 aliphatic carbocycles. The zero-order valence-corrected chi connectivity index (χ0v) is 15.2. The van der Waals surface area contributed by atoms with Crippen LogP contribution in [0, 0.1) is 0 Å². The Morgan fingerprint density at radius 1 is 1.15 bits per heavy atom. The Bertz CT molecular complexity index is 871. The summed E-state index contributed by atoms with van der Waals surface area (Å²) in [7, 11) is 0. The maximum Gasteiger partial charge on any atom is 0.256 e. The highest BCUT2D eigenvalue weighted by Crippen LogP contribution is 2.23. The molecule has 1 amide bonds. The Kier molecular flexibility index (Phi) is 5.84. The van der Waals surface area contributed by atoms with Crippen LogP contribution in [0.3, 0.4) is 0 Å². The van der Waals surface area contributed by atoms with Gasteiger partial charge < -0.3 is 10.1 Å². The molecular weight excluding hydrogens is 328 g/mol. The van der Waals surface area contributed by atoms with Gasteiger partial charge in [-0.25, -0.2) is 9.50 Å². The molecule has 1 N–H and O–H groups in total. The number of hydrogen-bond donors (Lipinski definition) is 1. The van der Waals surface area contributed by atoms with Crippen molar-refractivity contribution in [2.24, 2.45) is 0 Å². The number of benzene rings is 1. The summed E-state index contributed by atoms with van der Waals surface area (Å²) in [6.07, 6.45) is 6.49. The van der Waals surface area contributed by atoms with Crippen LogP contribution >= 0.6 is 0 Å². The molecule has 0 saturated carbocycles. The molecule has 2 aromatic heterocycles. The van der Waals surface area contributed by atoms with E-state index >= 15 is 0 Å². The third-order valence-electron chi connectivity index (χ3n) is 4.17. The average molecular weight is 352 g/mol. The van der Waals surface area contributed by atoms with Crippen molar-refractivity contribution in [2.75, 3.05) is 13.2 Å². The molecule has 0 radical (unpaired) electrons. The summed E-state index contributed by atoms with van der Waals surface area (Å²) in [5.74, 6) is 0.696. The van der Waals surface area contributed by atoms with Crippen LogP contribution in [-0.4, -0.2) is 33.7 Å². The van der Waals surface area contributed by atoms with Gasteiger partial charge in [-0.05, 0) is 43.7 Å². The lowest BCUT2D eigenvalue weighted by molar-refractivity contribution is 0.0954. The predicted octanol–water partition coefficient (Wildman–Crippen LogP) is 3.72. The minimum Gasteiger partial charge on any atom is -0.494 e. The average Bonchev–Trinajstić information content (AvgIpc) is 3.10. The van der Waals surface area contributed by atoms with E-state index in [1.807, 2.05) is 37.3 Å². The number of nitrogens with zero attached hydrogens (tertiary/aromatic N) is 3. The summed E-state index contributed by atoms with van der Waals surface area (Å²) in [5, 5.41) is 7.33. The van der Waals surface area contributed by atoms with Crippen molar-refractivity contribution >= 4 is 11.6 Å². The fourth-order valence-corrected chi connectivity index (χ4v) is 2.83. The summed E-state index contributed by atoms with van der Waals surface area (Å²) in [5.41, 5.74) is 2.92. The fraction of sp³-hybridized carbons (Fsp3) is 0.350. The molecule has 136 valence electrons. The van der Waals surface area contributed by atoms with E-state index in [1.165, 1.54) is 0 Å². The van der Waals surface area contributed by atoms with E-state index in [0.717, 1.165) is 36.3 Å². The van der Waals surface area contributed by atoms with Crippen molar-refractivity contribution in [1.82, 2.24) is 19.9 Å². The van der Waals surface area contributed by atoms with E-state index in [0.29, 0.717) is 24.4 Å². The smallest absolute Gasteiger partial charge is 0.256 e. The molecule has 0 atom stereocenters. The number of rotatable bonds is 8. The monoisotopic (exact) mass is 352 g/mol. The van der Waals surface area contributed by atoms with Crippen LogP contribution in [-0.2, 0) is 0 Å². The number of carbonyl (C=O) groups is 1. The Balaban J connectivity index is 1.85. The highest BCUT2D eigenvalue weighted by molar-refractivity contribution is 5.99. The minimum atomic E-state index is -0.132. The lowest BCUT2D eigenvalue weighted by atomic mass is 10.1. The van der Waals surface area contributed by atoms with Crippen LogP contribution in [0.1, 0.15) is 43.5 Å². The maximum atomic E-state index is 12.4. The molecule has 0 spiro atoms. The van der Waals surface area contributed by atoms with Crippen LogP contribution in [0.4, 0.5) is 0 Å². The second kappa shape index (κ2) is 8.47. The third-order valence-corrected chi connectivity index (χ3v) is 4.17. The number of nitrogens with one attached hydrogen (secondary N) is 1. The van der Waals surface area contributed by atoms with Crippen LogP contribution in [0.25, 0.3) is 16.9 Å². The molecule has 1 aromatic carbocycles. The molecule has 26 heavy (non-hydrogen) atoms. The van der Waals surface area contributed by atoms with Gasteiger partial charge in [-0.1, -0.05) is 19.8 Å². The number of amides is 1. The first-order valence-electron chi connectivity index (χ1n) is 9.08. The van der Waals surface area contributed by atoms with Crippen LogP contribution in [0.15, 0.2) is 42.7 Å². The van der Waals surface area contributed by atoms with E-state index in [4.69, 9.17) is 4.74 Å². The molecule has 0 aliphatic rings. The molecule has 0 unspecified atom stereocenters. The molecular formula is C20H24N4O2. The Hall–Kier alpha value is -2.89. The molecule has 0 fully saturated rings. The predicted molar refractivity (Wildman–Crippen MR) is 101 cm³/mol. The van der Waals surface area contributed by atoms with Crippen molar-refractivity contribution in [1.29, 1.82) is 0 Å². The highest BCUT2D eigenvalue weighted by atomic mass is 16.5. The standard InChI is InChI=1S/C20H24N4O2/c1-3-5-6-12-22-20(25)17-14-23-24-18(11-13-21-19(17)24)15-7-9-16(10-8-15)26-4-2/h7-11,13-14H,3-6,12H2,1-2H3,(H,22,25). The van der Waals surface area contributed by atoms with E-state index in [2.05, 4.69) is 22.3 Å². The summed E-state index contributed by atoms with van der Waals surface area (Å²) in [6, 6.07) is 9.70. The number of hydrogen-bond acceptors (Lipinski definition) is 4. The summed E-state index contributed by atoms with van der Waals surface area (Å²) < 4.78 is 7.19. The third kappa shape index (κ3) is 3.85. The molecule has 3 rings (SSSR count). The van der Waals surface area contributed by atoms with Crippen LogP contribution < -0.4 is 10.1 Å². The number of fused-ring (bicyclic) bond motifs is 1. The summed E-state index contributed by atoms with van der Waals surface area (Å²) in [4.78, 5) is 16.8. The van der Waals surface area contributed by atoms with Gasteiger partial charge in [0, 0.05) is 18.3 Å². The van der Waals surface area contributed by atoms with Gasteiger partial charge in [0.2, 0.25) is 0 Å². The minimum absolute atomic E-state index is 0.132. The summed E-state index contributed by atoms with van der Waals surface area (Å²) in [6.45, 7) is 5.40. The largest absolute Gasteiger partial charge is 0.494 e. The number of carbonyl (C=O) groups excluding carboxylic acids is 1. The maximum absolute atomic E-state index is 12.4. The topological polar surface area (TPSA) is 68.5 Å². The number of aromatic nitrogens is 3. The Morgan fingerprint density at radius 3 is 2.69 bits per heavy atom. The van der Waals surface area contributed by atoms with Crippen molar-refractivity contribution in [3.8, 4) is 17.0 Å². The van der Waals surface area contributed by atoms with Gasteiger partial charge in [0.15, 0.2) is 5.65 Å². The molecule has 2 heterocycles. The zero-order valence-electron chi connectivity index (χ0n) is 15.2. The van der Waals surface area contributed by atoms with Gasteiger partial charge in [0.25, 0.3) is 5.91 Å². The van der Waals surface area contributed by atoms with Crippen molar-refractivity contribution in [2.45, 2.75) is 33.1 Å². The van der Waals surface area contributed by atoms with Gasteiger partial charge in [-0.3, -0.25) is 4.79 Å². The lowest BCUT2D eigenvalue weighted by Crippen LogP contribution is -2.24. The lowest BCUT2D eigenvalue weighted by Gasteiger charge is -2.07. The number of ether oxygens (including phenoxy) is 1. The first kappa shape index (κ1) is 17.9. The van der Waals surface area contributed by atoms with Crippen molar-refractivity contribution in [3.63, 3.8) is 0 Å². The molecule has 6 nitrogen and oxygen atoms in total. The van der Waals surface area contributed by atoms with Gasteiger partial charge in [0.1, 0.15) is 11.3 Å². The van der Waals surface area contributed by atoms with E-state index in [-0.39, 0.29) is 5.91 Å². The molecule has 6 heteroatoms. The van der Waals surface area contributed by atoms with Gasteiger partial charge in [-0.15, -0.1) is 0 Å². The summed E-state index contributed by atoms with van der Waals surface area (Å²) >= 11 is 0. The highest BCUT2D eigenvalue weighted by Gasteiger charge is 2.15. The van der Waals surface area contributed by atoms with Gasteiger partial charge in [0.05, 0.1) is 18.5 Å². The second-order valence-electron chi connectivity index (χ2n) is 6.04. The van der Waals surface area contributed by atoms with E-state index in [1.54, 1.807) is 16.9 Å². The van der Waals surface area contributed by atoms with Crippen molar-refractivity contribution in [3.05, 3.63) is 48.3 Å². The SMILES string of the molecule is CCCCCNC(=O)c1cnn2c(-c3ccc(OCC)cc3)ccnc12. The van der Waals surface area contributed by atoms with E-state index < -0.39 is 0 Å². The quantitative estimate of drug-likeness (QED) is 0.628. The normalized spacial score (nSPS) is 10.8. The Morgan fingerprint density at radius 2 is 1.96 bits per heavy atom. The first-order valence-corrected chi connectivity index (χ1v) is 9.08. The van der Waals surface area contributed by atoms with Gasteiger partial charge >= 0.3 is 0 Å². The van der Waals surface area contributed by atoms with Crippen molar-refractivity contribution < 1.29 is 9.53 Å². The van der Waals surface area contributed by atoms with Gasteiger partial charge in [-0.2, -0.15) is 5.10 Å². The molecule has 0 saturated heterocycles. The van der Waals surface area contributed by atoms with Crippen LogP contribution in [0.2, 0.25) is 0 Å². The Labute approximate surface area is 153 Å².